The van der Waals surface area contributed by atoms with Crippen LogP contribution >= 0.6 is 0 Å². The topological polar surface area (TPSA) is 52.0 Å². The van der Waals surface area contributed by atoms with Crippen molar-refractivity contribution in [1.29, 1.82) is 0 Å². The Labute approximate surface area is 140 Å². The molecule has 0 heterocycles. The van der Waals surface area contributed by atoms with Gasteiger partial charge in [-0.25, -0.2) is 0 Å². The number of nitrogens with two attached hydrogens (primary N) is 2. The number of hydrogen-bond donors (Lipinski definition) is 2. The Bertz CT molecular complexity index is 818. The second-order valence-electron chi connectivity index (χ2n) is 5.19. The molecule has 26 heavy (non-hydrogen) atoms. The molecule has 0 fully saturated rings. The third-order valence-electron chi connectivity index (χ3n) is 3.49. The van der Waals surface area contributed by atoms with Gasteiger partial charge in [0, 0.05) is 5.56 Å². The molecule has 0 aliphatic heterocycles. The highest BCUT2D eigenvalue weighted by atomic mass is 19.4. The second kappa shape index (κ2) is 5.99. The summed E-state index contributed by atoms with van der Waals surface area (Å²) in [5.74, 6) is 0. The SMILES string of the molecule is Nc1c(N)c(C(F)(F)F)c(C(F)(F)F)c(-c2ccccc2)c1C(F)(F)F. The van der Waals surface area contributed by atoms with Gasteiger partial charge in [-0.3, -0.25) is 0 Å². The second-order valence-corrected chi connectivity index (χ2v) is 5.19. The molecule has 0 spiro atoms. The molecule has 0 aliphatic rings. The number of hydrogen-bond acceptors (Lipinski definition) is 2. The minimum absolute atomic E-state index is 0.732. The lowest BCUT2D eigenvalue weighted by molar-refractivity contribution is -0.162. The Morgan fingerprint density at radius 1 is 0.538 bits per heavy atom. The fourth-order valence-electron chi connectivity index (χ4n) is 2.55. The molecule has 0 aromatic heterocycles. The van der Waals surface area contributed by atoms with Gasteiger partial charge in [-0.15, -0.1) is 0 Å². The summed E-state index contributed by atoms with van der Waals surface area (Å²) in [4.78, 5) is 0. The van der Waals surface area contributed by atoms with Crippen molar-refractivity contribution in [3.05, 3.63) is 47.0 Å². The normalized spacial score (nSPS) is 13.1. The number of alkyl halides is 9. The lowest BCUT2D eigenvalue weighted by Gasteiger charge is -2.26. The zero-order valence-electron chi connectivity index (χ0n) is 12.4. The van der Waals surface area contributed by atoms with Gasteiger partial charge in [0.2, 0.25) is 0 Å². The Kier molecular flexibility index (Phi) is 4.55. The number of benzene rings is 2. The summed E-state index contributed by atoms with van der Waals surface area (Å²) in [6, 6.07) is 5.06. The van der Waals surface area contributed by atoms with Gasteiger partial charge in [0.15, 0.2) is 0 Å². The van der Waals surface area contributed by atoms with Gasteiger partial charge in [-0.2, -0.15) is 39.5 Å². The molecule has 2 nitrogen and oxygen atoms in total. The van der Waals surface area contributed by atoms with E-state index in [1.165, 1.54) is 6.07 Å². The van der Waals surface area contributed by atoms with E-state index < -0.39 is 57.7 Å². The molecule has 0 aliphatic carbocycles. The van der Waals surface area contributed by atoms with Crippen molar-refractivity contribution >= 4 is 11.4 Å². The van der Waals surface area contributed by atoms with Crippen molar-refractivity contribution in [3.8, 4) is 11.1 Å². The van der Waals surface area contributed by atoms with E-state index in [1.54, 1.807) is 0 Å². The van der Waals surface area contributed by atoms with Crippen molar-refractivity contribution in [2.24, 2.45) is 0 Å². The van der Waals surface area contributed by atoms with Crippen LogP contribution in [0.25, 0.3) is 11.1 Å². The Morgan fingerprint density at radius 3 is 1.31 bits per heavy atom. The van der Waals surface area contributed by atoms with Gasteiger partial charge < -0.3 is 11.5 Å². The predicted octanol–water partition coefficient (Wildman–Crippen LogP) is 5.57. The van der Waals surface area contributed by atoms with E-state index >= 15 is 0 Å². The maximum absolute atomic E-state index is 13.4. The van der Waals surface area contributed by atoms with E-state index in [-0.39, 0.29) is 0 Å². The monoisotopic (exact) mass is 388 g/mol. The lowest BCUT2D eigenvalue weighted by atomic mass is 9.87. The summed E-state index contributed by atoms with van der Waals surface area (Å²) in [7, 11) is 0. The first kappa shape index (κ1) is 19.7. The minimum Gasteiger partial charge on any atom is -0.397 e. The van der Waals surface area contributed by atoms with E-state index in [2.05, 4.69) is 0 Å². The summed E-state index contributed by atoms with van der Waals surface area (Å²) < 4.78 is 120. The fourth-order valence-corrected chi connectivity index (χ4v) is 2.55. The summed E-state index contributed by atoms with van der Waals surface area (Å²) in [6.07, 6.45) is -16.9. The molecular weight excluding hydrogens is 379 g/mol. The van der Waals surface area contributed by atoms with Gasteiger partial charge >= 0.3 is 18.5 Å². The maximum Gasteiger partial charge on any atom is 0.419 e. The van der Waals surface area contributed by atoms with Crippen LogP contribution in [0.3, 0.4) is 0 Å². The van der Waals surface area contributed by atoms with Gasteiger partial charge in [0.1, 0.15) is 0 Å². The van der Waals surface area contributed by atoms with Crippen LogP contribution in [0.4, 0.5) is 50.9 Å². The molecule has 0 atom stereocenters. The van der Waals surface area contributed by atoms with E-state index in [9.17, 15) is 39.5 Å². The molecular formula is C15H9F9N2. The van der Waals surface area contributed by atoms with Crippen LogP contribution in [-0.2, 0) is 18.5 Å². The third kappa shape index (κ3) is 3.37. The van der Waals surface area contributed by atoms with Crippen molar-refractivity contribution in [1.82, 2.24) is 0 Å². The summed E-state index contributed by atoms with van der Waals surface area (Å²) in [5, 5.41) is 0. The first-order chi connectivity index (χ1) is 11.7. The van der Waals surface area contributed by atoms with Crippen LogP contribution < -0.4 is 11.5 Å². The zero-order chi connectivity index (χ0) is 20.1. The van der Waals surface area contributed by atoms with Crippen molar-refractivity contribution < 1.29 is 39.5 Å². The maximum atomic E-state index is 13.4. The van der Waals surface area contributed by atoms with Gasteiger partial charge in [-0.05, 0) is 5.56 Å². The molecule has 0 radical (unpaired) electrons. The fraction of sp³-hybridized carbons (Fsp3) is 0.200. The molecule has 142 valence electrons. The molecule has 0 amide bonds. The van der Waals surface area contributed by atoms with E-state index in [0.29, 0.717) is 0 Å². The molecule has 0 unspecified atom stereocenters. The Hall–Kier alpha value is -2.59. The first-order valence-corrected chi connectivity index (χ1v) is 6.69. The average Bonchev–Trinajstić information content (AvgIpc) is 2.46. The number of halogens is 9. The van der Waals surface area contributed by atoms with Crippen LogP contribution in [0.15, 0.2) is 30.3 Å². The van der Waals surface area contributed by atoms with E-state index in [1.807, 2.05) is 0 Å². The summed E-state index contributed by atoms with van der Waals surface area (Å²) in [5.41, 5.74) is -2.87. The molecule has 0 saturated carbocycles. The molecule has 4 N–H and O–H groups in total. The quantitative estimate of drug-likeness (QED) is 0.495. The molecule has 2 rings (SSSR count). The van der Waals surface area contributed by atoms with Crippen LogP contribution in [0.2, 0.25) is 0 Å². The predicted molar refractivity (Wildman–Crippen MR) is 75.7 cm³/mol. The third-order valence-corrected chi connectivity index (χ3v) is 3.49. The summed E-state index contributed by atoms with van der Waals surface area (Å²) in [6.45, 7) is 0. The van der Waals surface area contributed by atoms with Crippen LogP contribution in [0.1, 0.15) is 16.7 Å². The number of rotatable bonds is 1. The van der Waals surface area contributed by atoms with Gasteiger partial charge in [0.25, 0.3) is 0 Å². The Balaban J connectivity index is 3.20. The van der Waals surface area contributed by atoms with E-state index in [0.717, 1.165) is 24.3 Å². The largest absolute Gasteiger partial charge is 0.419 e. The number of nitrogen functional groups attached to an aromatic ring is 2. The average molecular weight is 388 g/mol. The van der Waals surface area contributed by atoms with Gasteiger partial charge in [-0.1, -0.05) is 30.3 Å². The van der Waals surface area contributed by atoms with Crippen molar-refractivity contribution in [2.45, 2.75) is 18.5 Å². The zero-order valence-corrected chi connectivity index (χ0v) is 12.4. The number of anilines is 2. The lowest BCUT2D eigenvalue weighted by Crippen LogP contribution is -2.25. The first-order valence-electron chi connectivity index (χ1n) is 6.69. The summed E-state index contributed by atoms with van der Waals surface area (Å²) >= 11 is 0. The van der Waals surface area contributed by atoms with Crippen LogP contribution in [0.5, 0.6) is 0 Å². The highest BCUT2D eigenvalue weighted by Gasteiger charge is 2.51. The Morgan fingerprint density at radius 2 is 0.923 bits per heavy atom. The van der Waals surface area contributed by atoms with Crippen molar-refractivity contribution in [2.75, 3.05) is 11.5 Å². The molecule has 11 heteroatoms. The van der Waals surface area contributed by atoms with Crippen LogP contribution in [0, 0.1) is 0 Å². The molecule has 0 bridgehead atoms. The highest BCUT2D eigenvalue weighted by Crippen LogP contribution is 2.54. The smallest absolute Gasteiger partial charge is 0.397 e. The minimum atomic E-state index is -5.78. The van der Waals surface area contributed by atoms with Gasteiger partial charge in [0.05, 0.1) is 28.1 Å². The van der Waals surface area contributed by atoms with Crippen molar-refractivity contribution in [3.63, 3.8) is 0 Å². The highest BCUT2D eigenvalue weighted by molar-refractivity contribution is 5.87. The molecule has 2 aromatic carbocycles. The van der Waals surface area contributed by atoms with Crippen LogP contribution in [-0.4, -0.2) is 0 Å². The molecule has 2 aromatic rings. The standard InChI is InChI=1S/C15H9F9N2/c16-13(17,18)8-7(6-4-2-1-3-5-6)9(14(19,20)21)11(25)12(26)10(8)15(22,23)24/h1-5H,25-26H2. The van der Waals surface area contributed by atoms with E-state index in [4.69, 9.17) is 11.5 Å². The molecule has 0 saturated heterocycles.